The van der Waals surface area contributed by atoms with E-state index in [2.05, 4.69) is 34.9 Å². The fraction of sp³-hybridized carbons (Fsp3) is 0.444. The van der Waals surface area contributed by atoms with Crippen LogP contribution in [-0.4, -0.2) is 53.8 Å². The van der Waals surface area contributed by atoms with Gasteiger partial charge in [-0.2, -0.15) is 11.8 Å². The summed E-state index contributed by atoms with van der Waals surface area (Å²) in [7, 11) is 0. The van der Waals surface area contributed by atoms with Gasteiger partial charge in [0.05, 0.1) is 6.42 Å². The van der Waals surface area contributed by atoms with Crippen molar-refractivity contribution in [1.82, 2.24) is 10.6 Å². The van der Waals surface area contributed by atoms with Crippen LogP contribution >= 0.6 is 11.8 Å². The Balaban J connectivity index is 1.63. The molecule has 0 radical (unpaired) electrons. The number of ether oxygens (including phenoxy) is 1. The molecular weight excluding hydrogens is 464 g/mol. The molecule has 1 aliphatic rings. The highest BCUT2D eigenvalue weighted by Gasteiger charge is 2.30. The summed E-state index contributed by atoms with van der Waals surface area (Å²) < 4.78 is 5.60. The molecule has 2 amide bonds. The largest absolute Gasteiger partial charge is 0.481 e. The zero-order valence-electron chi connectivity index (χ0n) is 20.3. The molecule has 1 aliphatic carbocycles. The van der Waals surface area contributed by atoms with Crippen LogP contribution in [0.4, 0.5) is 4.79 Å². The molecule has 3 rings (SSSR count). The molecule has 2 atom stereocenters. The fourth-order valence-electron chi connectivity index (χ4n) is 4.48. The molecule has 1 unspecified atom stereocenters. The second kappa shape index (κ2) is 13.2. The Morgan fingerprint density at radius 1 is 1.00 bits per heavy atom. The average Bonchev–Trinajstić information content (AvgIpc) is 3.17. The minimum atomic E-state index is -0.962. The van der Waals surface area contributed by atoms with Crippen molar-refractivity contribution in [2.45, 2.75) is 57.0 Å². The number of rotatable bonds is 13. The number of alkyl carbamates (subject to hydrolysis) is 1. The molecule has 2 aromatic rings. The number of aliphatic carboxylic acids is 1. The minimum Gasteiger partial charge on any atom is -0.481 e. The summed E-state index contributed by atoms with van der Waals surface area (Å²) in [5.74, 6) is -0.743. The van der Waals surface area contributed by atoms with Crippen molar-refractivity contribution in [3.8, 4) is 11.1 Å². The molecule has 0 heterocycles. The number of amides is 2. The molecule has 0 aliphatic heterocycles. The molecule has 0 spiro atoms. The van der Waals surface area contributed by atoms with E-state index in [0.29, 0.717) is 18.6 Å². The Kier molecular flexibility index (Phi) is 10.0. The Morgan fingerprint density at radius 2 is 1.63 bits per heavy atom. The molecule has 3 N–H and O–H groups in total. The van der Waals surface area contributed by atoms with E-state index in [9.17, 15) is 19.5 Å². The van der Waals surface area contributed by atoms with Gasteiger partial charge in [0, 0.05) is 12.0 Å². The van der Waals surface area contributed by atoms with Crippen molar-refractivity contribution in [2.24, 2.45) is 0 Å². The zero-order valence-corrected chi connectivity index (χ0v) is 21.1. The van der Waals surface area contributed by atoms with Crippen LogP contribution in [0.1, 0.15) is 56.1 Å². The number of hydrogen-bond acceptors (Lipinski definition) is 5. The molecule has 2 aromatic carbocycles. The topological polar surface area (TPSA) is 105 Å². The molecule has 0 fully saturated rings. The predicted octanol–water partition coefficient (Wildman–Crippen LogP) is 4.80. The van der Waals surface area contributed by atoms with Crippen molar-refractivity contribution >= 4 is 29.7 Å². The number of nitrogens with one attached hydrogen (secondary N) is 2. The maximum Gasteiger partial charge on any atom is 0.407 e. The third-order valence-corrected chi connectivity index (χ3v) is 6.88. The average molecular weight is 499 g/mol. The first-order chi connectivity index (χ1) is 16.9. The van der Waals surface area contributed by atoms with E-state index in [1.165, 1.54) is 0 Å². The van der Waals surface area contributed by atoms with Gasteiger partial charge in [0.2, 0.25) is 5.91 Å². The van der Waals surface area contributed by atoms with Gasteiger partial charge in [-0.25, -0.2) is 4.79 Å². The predicted molar refractivity (Wildman–Crippen MR) is 139 cm³/mol. The summed E-state index contributed by atoms with van der Waals surface area (Å²) in [5.41, 5.74) is 4.52. The van der Waals surface area contributed by atoms with E-state index < -0.39 is 24.1 Å². The van der Waals surface area contributed by atoms with Crippen LogP contribution in [0.15, 0.2) is 48.5 Å². The lowest BCUT2D eigenvalue weighted by Gasteiger charge is -2.23. The smallest absolute Gasteiger partial charge is 0.407 e. The third-order valence-electron chi connectivity index (χ3n) is 6.24. The Labute approximate surface area is 211 Å². The number of carbonyl (C=O) groups is 3. The van der Waals surface area contributed by atoms with Crippen molar-refractivity contribution in [2.75, 3.05) is 18.6 Å². The van der Waals surface area contributed by atoms with E-state index in [-0.39, 0.29) is 24.9 Å². The molecule has 7 nitrogen and oxygen atoms in total. The Morgan fingerprint density at radius 3 is 2.20 bits per heavy atom. The summed E-state index contributed by atoms with van der Waals surface area (Å²) in [4.78, 5) is 36.9. The molecule has 0 saturated heterocycles. The number of unbranched alkanes of at least 4 members (excludes halogenated alkanes) is 1. The SMILES string of the molecule is CCCC[C@@H](CC(=O)O)NC(=O)C(CCSC)NC(=O)OCC1c2ccccc2-c2ccccc21. The highest BCUT2D eigenvalue weighted by atomic mass is 32.2. The van der Waals surface area contributed by atoms with Crippen LogP contribution in [0.2, 0.25) is 0 Å². The van der Waals surface area contributed by atoms with Crippen LogP contribution in [0.3, 0.4) is 0 Å². The molecule has 35 heavy (non-hydrogen) atoms. The van der Waals surface area contributed by atoms with Gasteiger partial charge in [-0.05, 0) is 47.1 Å². The third kappa shape index (κ3) is 7.24. The zero-order chi connectivity index (χ0) is 25.2. The van der Waals surface area contributed by atoms with E-state index >= 15 is 0 Å². The maximum absolute atomic E-state index is 12.9. The number of hydrogen-bond donors (Lipinski definition) is 3. The van der Waals surface area contributed by atoms with Crippen LogP contribution in [-0.2, 0) is 14.3 Å². The first-order valence-corrected chi connectivity index (χ1v) is 13.5. The van der Waals surface area contributed by atoms with E-state index in [0.717, 1.165) is 35.1 Å². The van der Waals surface area contributed by atoms with Crippen LogP contribution in [0, 0.1) is 0 Å². The number of carbonyl (C=O) groups excluding carboxylic acids is 2. The van der Waals surface area contributed by atoms with Gasteiger partial charge < -0.3 is 20.5 Å². The lowest BCUT2D eigenvalue weighted by Crippen LogP contribution is -2.50. The number of benzene rings is 2. The first kappa shape index (κ1) is 26.6. The number of carboxylic acids is 1. The second-order valence-corrected chi connectivity index (χ2v) is 9.74. The molecule has 0 aromatic heterocycles. The van der Waals surface area contributed by atoms with Gasteiger partial charge in [-0.1, -0.05) is 68.3 Å². The molecule has 188 valence electrons. The summed E-state index contributed by atoms with van der Waals surface area (Å²) in [6, 6.07) is 14.9. The van der Waals surface area contributed by atoms with Gasteiger partial charge in [0.15, 0.2) is 0 Å². The number of fused-ring (bicyclic) bond motifs is 3. The van der Waals surface area contributed by atoms with Crippen molar-refractivity contribution < 1.29 is 24.2 Å². The summed E-state index contributed by atoms with van der Waals surface area (Å²) in [5, 5.41) is 14.7. The highest BCUT2D eigenvalue weighted by Crippen LogP contribution is 2.44. The second-order valence-electron chi connectivity index (χ2n) is 8.75. The molecule has 0 bridgehead atoms. The normalized spacial score (nSPS) is 13.9. The Hall–Kier alpha value is -3.00. The number of carboxylic acid groups (broad SMARTS) is 1. The highest BCUT2D eigenvalue weighted by molar-refractivity contribution is 7.98. The summed E-state index contributed by atoms with van der Waals surface area (Å²) in [6.45, 7) is 2.18. The Bertz CT molecular complexity index is 983. The van der Waals surface area contributed by atoms with Gasteiger partial charge >= 0.3 is 12.1 Å². The molecular formula is C27H34N2O5S. The van der Waals surface area contributed by atoms with Crippen LogP contribution < -0.4 is 10.6 Å². The lowest BCUT2D eigenvalue weighted by atomic mass is 9.98. The van der Waals surface area contributed by atoms with Crippen LogP contribution in [0.25, 0.3) is 11.1 Å². The molecule has 0 saturated carbocycles. The summed E-state index contributed by atoms with van der Waals surface area (Å²) in [6.07, 6.45) is 3.84. The monoisotopic (exact) mass is 498 g/mol. The standard InChI is InChI=1S/C27H34N2O5S/c1-3-4-9-18(16-25(30)31)28-26(32)24(14-15-35-2)29-27(33)34-17-23-21-12-7-5-10-19(21)20-11-6-8-13-22(20)23/h5-8,10-13,18,23-24H,3-4,9,14-17H2,1-2H3,(H,28,32)(H,29,33)(H,30,31)/t18-,24?/m0/s1. The van der Waals surface area contributed by atoms with E-state index in [1.54, 1.807) is 11.8 Å². The van der Waals surface area contributed by atoms with Gasteiger partial charge in [-0.15, -0.1) is 0 Å². The summed E-state index contributed by atoms with van der Waals surface area (Å²) >= 11 is 1.57. The van der Waals surface area contributed by atoms with Crippen molar-refractivity contribution in [3.05, 3.63) is 59.7 Å². The van der Waals surface area contributed by atoms with Crippen molar-refractivity contribution in [3.63, 3.8) is 0 Å². The lowest BCUT2D eigenvalue weighted by molar-refractivity contribution is -0.137. The van der Waals surface area contributed by atoms with Gasteiger partial charge in [0.25, 0.3) is 0 Å². The first-order valence-electron chi connectivity index (χ1n) is 12.1. The minimum absolute atomic E-state index is 0.0689. The number of thioether (sulfide) groups is 1. The van der Waals surface area contributed by atoms with Gasteiger partial charge in [-0.3, -0.25) is 9.59 Å². The van der Waals surface area contributed by atoms with Gasteiger partial charge in [0.1, 0.15) is 12.6 Å². The van der Waals surface area contributed by atoms with E-state index in [4.69, 9.17) is 4.74 Å². The van der Waals surface area contributed by atoms with Crippen molar-refractivity contribution in [1.29, 1.82) is 0 Å². The van der Waals surface area contributed by atoms with Crippen LogP contribution in [0.5, 0.6) is 0 Å². The van der Waals surface area contributed by atoms with E-state index in [1.807, 2.05) is 37.4 Å². The molecule has 8 heteroatoms. The maximum atomic E-state index is 12.9. The fourth-order valence-corrected chi connectivity index (χ4v) is 4.95. The quantitative estimate of drug-likeness (QED) is 0.367.